The molecule has 0 radical (unpaired) electrons. The summed E-state index contributed by atoms with van der Waals surface area (Å²) in [5, 5.41) is 30.4. The van der Waals surface area contributed by atoms with Crippen molar-refractivity contribution < 1.29 is 20.8 Å². The van der Waals surface area contributed by atoms with Gasteiger partial charge in [-0.3, -0.25) is 0 Å². The molecule has 3 aliphatic rings. The van der Waals surface area contributed by atoms with Crippen LogP contribution in [0.1, 0.15) is 85.5 Å². The summed E-state index contributed by atoms with van der Waals surface area (Å²) in [5.41, 5.74) is 3.69. The van der Waals surface area contributed by atoms with E-state index in [1.54, 1.807) is 5.57 Å². The van der Waals surface area contributed by atoms with E-state index in [-0.39, 0.29) is 11.6 Å². The highest BCUT2D eigenvalue weighted by atomic mass is 16.3. The SMILES string of the molecule is C=C1/C(=C/C=C2\CCCC3(C)C2CCC3C(C)CCC(O)C(C)C)CC(O)CC1O.O. The molecule has 0 saturated heterocycles. The second kappa shape index (κ2) is 10.8. The van der Waals surface area contributed by atoms with E-state index in [9.17, 15) is 15.3 Å². The summed E-state index contributed by atoms with van der Waals surface area (Å²) in [6.07, 6.45) is 12.4. The fourth-order valence-electron chi connectivity index (χ4n) is 6.65. The summed E-state index contributed by atoms with van der Waals surface area (Å²) in [6.45, 7) is 13.2. The van der Waals surface area contributed by atoms with Gasteiger partial charge in [0.25, 0.3) is 0 Å². The first-order valence-corrected chi connectivity index (χ1v) is 12.3. The lowest BCUT2D eigenvalue weighted by atomic mass is 9.60. The summed E-state index contributed by atoms with van der Waals surface area (Å²) in [4.78, 5) is 0. The number of hydrogen-bond acceptors (Lipinski definition) is 3. The molecule has 7 atom stereocenters. The number of aliphatic hydroxyl groups excluding tert-OH is 3. The standard InChI is InChI=1S/C27H44O3.H2O/c1-17(2)25(29)13-8-18(3)23-11-12-24-20(7-6-14-27(23,24)5)9-10-21-15-22(28)16-26(30)19(21)4;/h9-10,17-18,22-26,28-30H,4,6-8,11-16H2,1-3,5H3;1H2/b20-9+,21-10+;. The molecule has 5 N–H and O–H groups in total. The zero-order valence-electron chi connectivity index (χ0n) is 20.1. The summed E-state index contributed by atoms with van der Waals surface area (Å²) < 4.78 is 0. The van der Waals surface area contributed by atoms with Gasteiger partial charge in [-0.05, 0) is 91.6 Å². The minimum absolute atomic E-state index is 0. The van der Waals surface area contributed by atoms with E-state index in [2.05, 4.69) is 46.4 Å². The van der Waals surface area contributed by atoms with Crippen LogP contribution in [0.2, 0.25) is 0 Å². The molecule has 31 heavy (non-hydrogen) atoms. The van der Waals surface area contributed by atoms with E-state index in [1.807, 2.05) is 0 Å². The minimum Gasteiger partial charge on any atom is -0.412 e. The lowest BCUT2D eigenvalue weighted by molar-refractivity contribution is 0.0717. The zero-order chi connectivity index (χ0) is 22.1. The highest BCUT2D eigenvalue weighted by molar-refractivity contribution is 5.38. The Bertz CT molecular complexity index is 679. The Kier molecular flexibility index (Phi) is 9.15. The maximum Gasteiger partial charge on any atom is 0.0811 e. The molecule has 4 nitrogen and oxygen atoms in total. The van der Waals surface area contributed by atoms with Crippen molar-refractivity contribution in [3.63, 3.8) is 0 Å². The summed E-state index contributed by atoms with van der Waals surface area (Å²) in [6, 6.07) is 0. The van der Waals surface area contributed by atoms with Crippen LogP contribution < -0.4 is 0 Å². The topological polar surface area (TPSA) is 92.2 Å². The molecule has 3 fully saturated rings. The fourth-order valence-corrected chi connectivity index (χ4v) is 6.65. The zero-order valence-corrected chi connectivity index (χ0v) is 20.1. The molecule has 3 saturated carbocycles. The fraction of sp³-hybridized carbons (Fsp3) is 0.778. The van der Waals surface area contributed by atoms with Crippen molar-refractivity contribution in [3.8, 4) is 0 Å². The molecule has 3 rings (SSSR count). The maximum atomic E-state index is 10.3. The van der Waals surface area contributed by atoms with Crippen LogP contribution in [0.3, 0.4) is 0 Å². The number of hydrogen-bond donors (Lipinski definition) is 3. The summed E-state index contributed by atoms with van der Waals surface area (Å²) >= 11 is 0. The Morgan fingerprint density at radius 2 is 1.84 bits per heavy atom. The van der Waals surface area contributed by atoms with Gasteiger partial charge < -0.3 is 20.8 Å². The van der Waals surface area contributed by atoms with Gasteiger partial charge in [-0.15, -0.1) is 0 Å². The van der Waals surface area contributed by atoms with Gasteiger partial charge in [-0.25, -0.2) is 0 Å². The normalized spacial score (nSPS) is 38.3. The predicted octanol–water partition coefficient (Wildman–Crippen LogP) is 4.74. The van der Waals surface area contributed by atoms with Crippen LogP contribution in [0, 0.1) is 29.1 Å². The van der Waals surface area contributed by atoms with E-state index in [0.29, 0.717) is 36.0 Å². The Labute approximate surface area is 189 Å². The van der Waals surface area contributed by atoms with Gasteiger partial charge in [0.05, 0.1) is 18.3 Å². The highest BCUT2D eigenvalue weighted by Gasteiger charge is 2.50. The largest absolute Gasteiger partial charge is 0.412 e. The average Bonchev–Trinajstić information content (AvgIpc) is 3.04. The minimum atomic E-state index is -0.618. The monoisotopic (exact) mass is 434 g/mol. The van der Waals surface area contributed by atoms with Crippen molar-refractivity contribution in [1.82, 2.24) is 0 Å². The molecule has 3 aliphatic carbocycles. The van der Waals surface area contributed by atoms with Gasteiger partial charge >= 0.3 is 0 Å². The predicted molar refractivity (Wildman–Crippen MR) is 128 cm³/mol. The Balaban J connectivity index is 0.00000341. The van der Waals surface area contributed by atoms with Crippen LogP contribution in [0.4, 0.5) is 0 Å². The molecular weight excluding hydrogens is 388 g/mol. The molecule has 4 heteroatoms. The number of rotatable bonds is 6. The van der Waals surface area contributed by atoms with Gasteiger partial charge in [0.15, 0.2) is 0 Å². The lowest BCUT2D eigenvalue weighted by Gasteiger charge is -2.44. The Hall–Kier alpha value is -0.940. The van der Waals surface area contributed by atoms with E-state index in [1.165, 1.54) is 25.7 Å². The number of aliphatic hydroxyl groups is 3. The van der Waals surface area contributed by atoms with Crippen molar-refractivity contribution in [2.45, 2.75) is 104 Å². The van der Waals surface area contributed by atoms with Gasteiger partial charge in [0.2, 0.25) is 0 Å². The van der Waals surface area contributed by atoms with E-state index in [4.69, 9.17) is 0 Å². The van der Waals surface area contributed by atoms with Crippen LogP contribution in [0.25, 0.3) is 0 Å². The third-order valence-electron chi connectivity index (χ3n) is 8.68. The molecule has 0 aromatic heterocycles. The molecule has 0 aliphatic heterocycles. The molecule has 0 spiro atoms. The Morgan fingerprint density at radius 1 is 1.13 bits per heavy atom. The van der Waals surface area contributed by atoms with Crippen molar-refractivity contribution >= 4 is 0 Å². The molecule has 0 aromatic carbocycles. The number of fused-ring (bicyclic) bond motifs is 1. The molecule has 0 heterocycles. The average molecular weight is 435 g/mol. The number of allylic oxidation sites excluding steroid dienone is 3. The lowest BCUT2D eigenvalue weighted by Crippen LogP contribution is -2.36. The van der Waals surface area contributed by atoms with Gasteiger partial charge in [0, 0.05) is 6.42 Å². The summed E-state index contributed by atoms with van der Waals surface area (Å²) in [7, 11) is 0. The van der Waals surface area contributed by atoms with Crippen LogP contribution >= 0.6 is 0 Å². The molecule has 0 aromatic rings. The van der Waals surface area contributed by atoms with Crippen LogP contribution in [-0.4, -0.2) is 39.1 Å². The van der Waals surface area contributed by atoms with Gasteiger partial charge in [-0.2, -0.15) is 0 Å². The third kappa shape index (κ3) is 5.71. The first-order valence-electron chi connectivity index (χ1n) is 12.3. The van der Waals surface area contributed by atoms with Gasteiger partial charge in [0.1, 0.15) is 0 Å². The molecular formula is C27H46O4. The van der Waals surface area contributed by atoms with Crippen LogP contribution in [0.15, 0.2) is 35.5 Å². The van der Waals surface area contributed by atoms with Crippen LogP contribution in [0.5, 0.6) is 0 Å². The molecule has 0 bridgehead atoms. The van der Waals surface area contributed by atoms with Crippen LogP contribution in [-0.2, 0) is 0 Å². The highest BCUT2D eigenvalue weighted by Crippen LogP contribution is 2.60. The first kappa shape index (κ1) is 26.3. The van der Waals surface area contributed by atoms with Crippen molar-refractivity contribution in [2.24, 2.45) is 29.1 Å². The first-order chi connectivity index (χ1) is 14.1. The van der Waals surface area contributed by atoms with Crippen molar-refractivity contribution in [1.29, 1.82) is 0 Å². The molecule has 178 valence electrons. The molecule has 0 amide bonds. The smallest absolute Gasteiger partial charge is 0.0811 e. The Morgan fingerprint density at radius 3 is 2.52 bits per heavy atom. The van der Waals surface area contributed by atoms with E-state index < -0.39 is 12.2 Å². The second-order valence-electron chi connectivity index (χ2n) is 11.0. The molecule has 7 unspecified atom stereocenters. The van der Waals surface area contributed by atoms with E-state index >= 15 is 0 Å². The summed E-state index contributed by atoms with van der Waals surface area (Å²) in [5.74, 6) is 2.35. The van der Waals surface area contributed by atoms with E-state index in [0.717, 1.165) is 36.3 Å². The third-order valence-corrected chi connectivity index (χ3v) is 8.68. The van der Waals surface area contributed by atoms with Gasteiger partial charge in [-0.1, -0.05) is 52.0 Å². The van der Waals surface area contributed by atoms with Crippen molar-refractivity contribution in [2.75, 3.05) is 0 Å². The second-order valence-corrected chi connectivity index (χ2v) is 11.0. The quantitative estimate of drug-likeness (QED) is 0.564. The van der Waals surface area contributed by atoms with Crippen molar-refractivity contribution in [3.05, 3.63) is 35.5 Å². The maximum absolute atomic E-state index is 10.3.